The van der Waals surface area contributed by atoms with Gasteiger partial charge in [0, 0.05) is 25.3 Å². The Morgan fingerprint density at radius 2 is 2.37 bits per heavy atom. The Hall–Kier alpha value is -1.00. The van der Waals surface area contributed by atoms with E-state index in [0.717, 1.165) is 31.7 Å². The lowest BCUT2D eigenvalue weighted by Crippen LogP contribution is -2.44. The smallest absolute Gasteiger partial charge is 0.141 e. The summed E-state index contributed by atoms with van der Waals surface area (Å²) >= 11 is 0. The molecule has 0 amide bonds. The fraction of sp³-hybridized carbons (Fsp3) is 0.667. The zero-order valence-electron chi connectivity index (χ0n) is 11.9. The van der Waals surface area contributed by atoms with Gasteiger partial charge in [-0.2, -0.15) is 0 Å². The van der Waals surface area contributed by atoms with E-state index in [9.17, 15) is 4.39 Å². The van der Waals surface area contributed by atoms with Crippen LogP contribution < -0.4 is 5.32 Å². The lowest BCUT2D eigenvalue weighted by molar-refractivity contribution is 0.145. The predicted molar refractivity (Wildman–Crippen MR) is 75.3 cm³/mol. The lowest BCUT2D eigenvalue weighted by atomic mass is 9.91. The van der Waals surface area contributed by atoms with Crippen molar-refractivity contribution in [1.29, 1.82) is 0 Å². The van der Waals surface area contributed by atoms with E-state index in [1.54, 1.807) is 12.3 Å². The molecule has 19 heavy (non-hydrogen) atoms. The fourth-order valence-electron chi connectivity index (χ4n) is 2.93. The van der Waals surface area contributed by atoms with E-state index in [1.165, 1.54) is 19.0 Å². The van der Waals surface area contributed by atoms with E-state index >= 15 is 0 Å². The minimum atomic E-state index is -0.243. The van der Waals surface area contributed by atoms with E-state index in [4.69, 9.17) is 0 Å². The first-order valence-electron chi connectivity index (χ1n) is 7.24. The monoisotopic (exact) mass is 265 g/mol. The van der Waals surface area contributed by atoms with Gasteiger partial charge in [-0.05, 0) is 50.4 Å². The number of piperidine rings is 1. The van der Waals surface area contributed by atoms with Crippen LogP contribution in [0.3, 0.4) is 0 Å². The number of nitrogens with zero attached hydrogens (tertiary/aromatic N) is 2. The second kappa shape index (κ2) is 6.96. The normalized spacial score (nSPS) is 22.4. The molecule has 2 atom stereocenters. The topological polar surface area (TPSA) is 28.2 Å². The first kappa shape index (κ1) is 14.4. The summed E-state index contributed by atoms with van der Waals surface area (Å²) in [6, 6.07) is 2.14. The van der Waals surface area contributed by atoms with E-state index < -0.39 is 0 Å². The SMILES string of the molecule is CCNC(C)C1CCCN(Cc2cncc(F)c2)C1. The summed E-state index contributed by atoms with van der Waals surface area (Å²) in [6.45, 7) is 8.43. The summed E-state index contributed by atoms with van der Waals surface area (Å²) in [7, 11) is 0. The van der Waals surface area contributed by atoms with Gasteiger partial charge in [0.25, 0.3) is 0 Å². The standard InChI is InChI=1S/C15H24FN3/c1-3-18-12(2)14-5-4-6-19(11-14)10-13-7-15(16)9-17-8-13/h7-9,12,14,18H,3-6,10-11H2,1-2H3. The van der Waals surface area contributed by atoms with Crippen LogP contribution in [0.4, 0.5) is 4.39 Å². The van der Waals surface area contributed by atoms with E-state index in [1.807, 2.05) is 0 Å². The Labute approximate surface area is 115 Å². The number of halogens is 1. The maximum absolute atomic E-state index is 13.1. The Morgan fingerprint density at radius 3 is 3.11 bits per heavy atom. The van der Waals surface area contributed by atoms with Gasteiger partial charge in [0.2, 0.25) is 0 Å². The quantitative estimate of drug-likeness (QED) is 0.886. The van der Waals surface area contributed by atoms with Gasteiger partial charge in [0.15, 0.2) is 0 Å². The number of pyridine rings is 1. The van der Waals surface area contributed by atoms with Crippen LogP contribution in [0.2, 0.25) is 0 Å². The largest absolute Gasteiger partial charge is 0.314 e. The van der Waals surface area contributed by atoms with Crippen molar-refractivity contribution in [3.63, 3.8) is 0 Å². The van der Waals surface area contributed by atoms with Crippen LogP contribution in [-0.2, 0) is 6.54 Å². The summed E-state index contributed by atoms with van der Waals surface area (Å²) < 4.78 is 13.1. The molecular formula is C15H24FN3. The number of hydrogen-bond acceptors (Lipinski definition) is 3. The van der Waals surface area contributed by atoms with Crippen LogP contribution in [0.1, 0.15) is 32.3 Å². The number of nitrogens with one attached hydrogen (secondary N) is 1. The van der Waals surface area contributed by atoms with Gasteiger partial charge in [0.1, 0.15) is 5.82 Å². The molecule has 0 bridgehead atoms. The number of rotatable bonds is 5. The molecule has 0 aromatic carbocycles. The molecule has 1 fully saturated rings. The Morgan fingerprint density at radius 1 is 1.53 bits per heavy atom. The molecule has 1 N–H and O–H groups in total. The second-order valence-electron chi connectivity index (χ2n) is 5.50. The van der Waals surface area contributed by atoms with Crippen molar-refractivity contribution in [1.82, 2.24) is 15.2 Å². The summed E-state index contributed by atoms with van der Waals surface area (Å²) in [5.41, 5.74) is 0.969. The molecule has 0 radical (unpaired) electrons. The fourth-order valence-corrected chi connectivity index (χ4v) is 2.93. The molecule has 0 saturated carbocycles. The minimum absolute atomic E-state index is 0.243. The van der Waals surface area contributed by atoms with Gasteiger partial charge in [-0.1, -0.05) is 6.92 Å². The van der Waals surface area contributed by atoms with Crippen LogP contribution in [0.15, 0.2) is 18.5 Å². The van der Waals surface area contributed by atoms with Crippen molar-refractivity contribution in [3.05, 3.63) is 29.8 Å². The molecule has 2 heterocycles. The van der Waals surface area contributed by atoms with Crippen LogP contribution in [0.25, 0.3) is 0 Å². The summed E-state index contributed by atoms with van der Waals surface area (Å²) in [5.74, 6) is 0.447. The summed E-state index contributed by atoms with van der Waals surface area (Å²) in [4.78, 5) is 6.33. The van der Waals surface area contributed by atoms with Crippen molar-refractivity contribution in [2.24, 2.45) is 5.92 Å². The molecule has 2 unspecified atom stereocenters. The zero-order valence-corrected chi connectivity index (χ0v) is 11.9. The molecular weight excluding hydrogens is 241 g/mol. The number of hydrogen-bond donors (Lipinski definition) is 1. The molecule has 106 valence electrons. The average Bonchev–Trinajstić information content (AvgIpc) is 2.39. The second-order valence-corrected chi connectivity index (χ2v) is 5.50. The summed E-state index contributed by atoms with van der Waals surface area (Å²) in [5, 5.41) is 3.51. The highest BCUT2D eigenvalue weighted by Gasteiger charge is 2.24. The Balaban J connectivity index is 1.90. The van der Waals surface area contributed by atoms with E-state index in [-0.39, 0.29) is 5.82 Å². The van der Waals surface area contributed by atoms with Gasteiger partial charge >= 0.3 is 0 Å². The molecule has 1 aliphatic heterocycles. The Bertz CT molecular complexity index is 397. The first-order valence-corrected chi connectivity index (χ1v) is 7.24. The number of aromatic nitrogens is 1. The molecule has 3 nitrogen and oxygen atoms in total. The van der Waals surface area contributed by atoms with Crippen molar-refractivity contribution >= 4 is 0 Å². The van der Waals surface area contributed by atoms with Crippen molar-refractivity contribution in [2.75, 3.05) is 19.6 Å². The Kier molecular flexibility index (Phi) is 5.28. The van der Waals surface area contributed by atoms with Gasteiger partial charge < -0.3 is 5.32 Å². The third kappa shape index (κ3) is 4.25. The molecule has 2 rings (SSSR count). The maximum Gasteiger partial charge on any atom is 0.141 e. The van der Waals surface area contributed by atoms with Gasteiger partial charge in [-0.15, -0.1) is 0 Å². The minimum Gasteiger partial charge on any atom is -0.314 e. The van der Waals surface area contributed by atoms with Crippen LogP contribution in [0.5, 0.6) is 0 Å². The molecule has 0 aliphatic carbocycles. The molecule has 1 aromatic heterocycles. The predicted octanol–water partition coefficient (Wildman–Crippen LogP) is 2.43. The number of likely N-dealkylation sites (tertiary alicyclic amines) is 1. The molecule has 4 heteroatoms. The molecule has 1 saturated heterocycles. The molecule has 1 aliphatic rings. The van der Waals surface area contributed by atoms with Crippen LogP contribution in [0, 0.1) is 11.7 Å². The third-order valence-electron chi connectivity index (χ3n) is 3.94. The van der Waals surface area contributed by atoms with Crippen molar-refractivity contribution in [2.45, 2.75) is 39.3 Å². The third-order valence-corrected chi connectivity index (χ3v) is 3.94. The van der Waals surface area contributed by atoms with Gasteiger partial charge in [0.05, 0.1) is 6.20 Å². The average molecular weight is 265 g/mol. The highest BCUT2D eigenvalue weighted by Crippen LogP contribution is 2.21. The summed E-state index contributed by atoms with van der Waals surface area (Å²) in [6.07, 6.45) is 5.53. The highest BCUT2D eigenvalue weighted by molar-refractivity contribution is 5.10. The molecule has 1 aromatic rings. The van der Waals surface area contributed by atoms with Crippen molar-refractivity contribution < 1.29 is 4.39 Å². The van der Waals surface area contributed by atoms with Crippen LogP contribution >= 0.6 is 0 Å². The maximum atomic E-state index is 13.1. The van der Waals surface area contributed by atoms with E-state index in [0.29, 0.717) is 12.0 Å². The van der Waals surface area contributed by atoms with Crippen molar-refractivity contribution in [3.8, 4) is 0 Å². The molecule has 0 spiro atoms. The van der Waals surface area contributed by atoms with Gasteiger partial charge in [-0.3, -0.25) is 9.88 Å². The van der Waals surface area contributed by atoms with E-state index in [2.05, 4.69) is 29.0 Å². The first-order chi connectivity index (χ1) is 9.19. The highest BCUT2D eigenvalue weighted by atomic mass is 19.1. The lowest BCUT2D eigenvalue weighted by Gasteiger charge is -2.36. The van der Waals surface area contributed by atoms with Crippen LogP contribution in [-0.4, -0.2) is 35.6 Å². The van der Waals surface area contributed by atoms with Gasteiger partial charge in [-0.25, -0.2) is 4.39 Å². The zero-order chi connectivity index (χ0) is 13.7.